The molecule has 5 heteroatoms. The molecule has 0 unspecified atom stereocenters. The zero-order valence-corrected chi connectivity index (χ0v) is 15.0. The van der Waals surface area contributed by atoms with Crippen molar-refractivity contribution >= 4 is 16.5 Å². The molecule has 0 aliphatic rings. The maximum atomic E-state index is 13.4. The summed E-state index contributed by atoms with van der Waals surface area (Å²) >= 11 is 1.51. The Hall–Kier alpha value is -2.66. The summed E-state index contributed by atoms with van der Waals surface area (Å²) in [4.78, 5) is 4.56. The van der Waals surface area contributed by atoms with Gasteiger partial charge >= 0.3 is 0 Å². The molecule has 2 N–H and O–H groups in total. The molecule has 0 aliphatic heterocycles. The van der Waals surface area contributed by atoms with Crippen molar-refractivity contribution in [3.63, 3.8) is 0 Å². The zero-order chi connectivity index (χ0) is 17.6. The Morgan fingerprint density at radius 3 is 2.72 bits per heavy atom. The topological polar surface area (TPSA) is 37.0 Å². The van der Waals surface area contributed by atoms with Crippen molar-refractivity contribution in [2.75, 3.05) is 5.43 Å². The minimum atomic E-state index is -0.197. The van der Waals surface area contributed by atoms with Crippen molar-refractivity contribution in [1.29, 1.82) is 0 Å². The number of hydrogen-bond acceptors (Lipinski definition) is 4. The van der Waals surface area contributed by atoms with Gasteiger partial charge in [-0.3, -0.25) is 5.43 Å². The van der Waals surface area contributed by atoms with Crippen LogP contribution < -0.4 is 10.9 Å². The van der Waals surface area contributed by atoms with Crippen LogP contribution in [0.3, 0.4) is 0 Å². The van der Waals surface area contributed by atoms with Gasteiger partial charge in [0, 0.05) is 23.1 Å². The van der Waals surface area contributed by atoms with E-state index in [1.54, 1.807) is 13.0 Å². The number of nitrogens with one attached hydrogen (secondary N) is 2. The second kappa shape index (κ2) is 7.94. The fraction of sp³-hybridized carbons (Fsp3) is 0.150. The molecule has 0 atom stereocenters. The number of halogens is 1. The first-order chi connectivity index (χ1) is 12.2. The van der Waals surface area contributed by atoms with Crippen molar-refractivity contribution in [3.8, 4) is 11.3 Å². The molecule has 3 rings (SSSR count). The molecule has 2 aromatic carbocycles. The summed E-state index contributed by atoms with van der Waals surface area (Å²) in [5.41, 5.74) is 11.1. The number of thiazole rings is 1. The van der Waals surface area contributed by atoms with Crippen LogP contribution in [0, 0.1) is 12.7 Å². The van der Waals surface area contributed by atoms with Gasteiger partial charge in [0.05, 0.1) is 5.69 Å². The van der Waals surface area contributed by atoms with E-state index in [4.69, 9.17) is 0 Å². The second-order valence-corrected chi connectivity index (χ2v) is 6.59. The van der Waals surface area contributed by atoms with Crippen LogP contribution in [-0.2, 0) is 6.42 Å². The molecule has 3 aromatic rings. The van der Waals surface area contributed by atoms with E-state index >= 15 is 0 Å². The number of hydrazine groups is 1. The van der Waals surface area contributed by atoms with Crippen molar-refractivity contribution in [2.24, 2.45) is 0 Å². The van der Waals surface area contributed by atoms with Crippen LogP contribution in [0.5, 0.6) is 0 Å². The number of hydrogen-bond donors (Lipinski definition) is 2. The molecule has 1 aromatic heterocycles. The number of anilines is 1. The standard InChI is InChI=1S/C20H20FN3S/c1-3-17(12-15-7-5-4-6-8-15)23-24-20-22-19(13-25-20)16-9-10-18(21)14(2)11-16/h3-11,13,23H,12H2,1-2H3,(H,22,24). The Bertz CT molecular complexity index is 872. The fourth-order valence-electron chi connectivity index (χ4n) is 2.44. The van der Waals surface area contributed by atoms with Gasteiger partial charge in [-0.15, -0.1) is 11.3 Å². The maximum absolute atomic E-state index is 13.4. The van der Waals surface area contributed by atoms with Gasteiger partial charge in [0.1, 0.15) is 5.82 Å². The highest BCUT2D eigenvalue weighted by atomic mass is 32.1. The quantitative estimate of drug-likeness (QED) is 0.589. The number of aryl methyl sites for hydroxylation is 1. The van der Waals surface area contributed by atoms with E-state index in [-0.39, 0.29) is 5.82 Å². The molecule has 25 heavy (non-hydrogen) atoms. The first kappa shape index (κ1) is 17.2. The summed E-state index contributed by atoms with van der Waals surface area (Å²) in [6, 6.07) is 15.3. The van der Waals surface area contributed by atoms with E-state index in [0.717, 1.165) is 28.5 Å². The summed E-state index contributed by atoms with van der Waals surface area (Å²) in [6.07, 6.45) is 2.86. The Morgan fingerprint density at radius 1 is 1.20 bits per heavy atom. The number of benzene rings is 2. The molecular weight excluding hydrogens is 333 g/mol. The third kappa shape index (κ3) is 4.45. The number of rotatable bonds is 6. The predicted molar refractivity (Wildman–Crippen MR) is 103 cm³/mol. The third-order valence-electron chi connectivity index (χ3n) is 3.87. The summed E-state index contributed by atoms with van der Waals surface area (Å²) in [5.74, 6) is -0.197. The zero-order valence-electron chi connectivity index (χ0n) is 14.2. The summed E-state index contributed by atoms with van der Waals surface area (Å²) in [6.45, 7) is 3.76. The van der Waals surface area contributed by atoms with Gasteiger partial charge < -0.3 is 5.43 Å². The lowest BCUT2D eigenvalue weighted by Gasteiger charge is -2.11. The van der Waals surface area contributed by atoms with E-state index in [1.807, 2.05) is 42.6 Å². The van der Waals surface area contributed by atoms with Crippen LogP contribution in [0.2, 0.25) is 0 Å². The minimum Gasteiger partial charge on any atom is -0.303 e. The Balaban J connectivity index is 1.64. The van der Waals surface area contributed by atoms with Gasteiger partial charge in [0.2, 0.25) is 5.13 Å². The average molecular weight is 353 g/mol. The van der Waals surface area contributed by atoms with Crippen molar-refractivity contribution in [3.05, 3.63) is 82.6 Å². The smallest absolute Gasteiger partial charge is 0.202 e. The lowest BCUT2D eigenvalue weighted by molar-refractivity contribution is 0.619. The maximum Gasteiger partial charge on any atom is 0.202 e. The molecule has 0 aliphatic carbocycles. The highest BCUT2D eigenvalue weighted by molar-refractivity contribution is 7.14. The molecule has 0 saturated carbocycles. The molecule has 0 spiro atoms. The van der Waals surface area contributed by atoms with Crippen LogP contribution in [0.1, 0.15) is 18.1 Å². The van der Waals surface area contributed by atoms with Crippen LogP contribution in [0.15, 0.2) is 65.7 Å². The van der Waals surface area contributed by atoms with Gasteiger partial charge in [-0.05, 0) is 43.2 Å². The highest BCUT2D eigenvalue weighted by Crippen LogP contribution is 2.26. The highest BCUT2D eigenvalue weighted by Gasteiger charge is 2.07. The fourth-order valence-corrected chi connectivity index (χ4v) is 3.11. The molecule has 0 saturated heterocycles. The summed E-state index contributed by atoms with van der Waals surface area (Å²) in [5, 5.41) is 2.73. The third-order valence-corrected chi connectivity index (χ3v) is 4.63. The molecule has 0 radical (unpaired) electrons. The van der Waals surface area contributed by atoms with E-state index in [2.05, 4.69) is 28.0 Å². The lowest BCUT2D eigenvalue weighted by atomic mass is 10.1. The Morgan fingerprint density at radius 2 is 2.00 bits per heavy atom. The lowest BCUT2D eigenvalue weighted by Crippen LogP contribution is -2.22. The Kier molecular flexibility index (Phi) is 5.46. The first-order valence-electron chi connectivity index (χ1n) is 8.09. The summed E-state index contributed by atoms with van der Waals surface area (Å²) in [7, 11) is 0. The molecule has 0 bridgehead atoms. The minimum absolute atomic E-state index is 0.197. The average Bonchev–Trinajstić information content (AvgIpc) is 3.11. The van der Waals surface area contributed by atoms with E-state index in [9.17, 15) is 4.39 Å². The molecule has 0 fully saturated rings. The molecule has 0 amide bonds. The predicted octanol–water partition coefficient (Wildman–Crippen LogP) is 5.32. The van der Waals surface area contributed by atoms with E-state index in [0.29, 0.717) is 5.56 Å². The van der Waals surface area contributed by atoms with Gasteiger partial charge in [-0.2, -0.15) is 0 Å². The van der Waals surface area contributed by atoms with Crippen LogP contribution >= 0.6 is 11.3 Å². The summed E-state index contributed by atoms with van der Waals surface area (Å²) < 4.78 is 13.4. The van der Waals surface area contributed by atoms with Crippen LogP contribution in [0.4, 0.5) is 9.52 Å². The van der Waals surface area contributed by atoms with E-state index < -0.39 is 0 Å². The van der Waals surface area contributed by atoms with Crippen molar-refractivity contribution < 1.29 is 4.39 Å². The molecule has 128 valence electrons. The normalized spacial score (nSPS) is 11.4. The number of allylic oxidation sites excluding steroid dienone is 2. The van der Waals surface area contributed by atoms with Gasteiger partial charge in [0.25, 0.3) is 0 Å². The Labute approximate surface area is 151 Å². The van der Waals surface area contributed by atoms with Crippen LogP contribution in [-0.4, -0.2) is 4.98 Å². The molecule has 3 nitrogen and oxygen atoms in total. The number of nitrogens with zero attached hydrogens (tertiary/aromatic N) is 1. The second-order valence-electron chi connectivity index (χ2n) is 5.73. The van der Waals surface area contributed by atoms with Crippen molar-refractivity contribution in [1.82, 2.24) is 10.4 Å². The van der Waals surface area contributed by atoms with E-state index in [1.165, 1.54) is 23.0 Å². The largest absolute Gasteiger partial charge is 0.303 e. The van der Waals surface area contributed by atoms with Gasteiger partial charge in [0.15, 0.2) is 0 Å². The number of aromatic nitrogens is 1. The molecular formula is C20H20FN3S. The SMILES string of the molecule is CC=C(Cc1ccccc1)NNc1nc(-c2ccc(F)c(C)c2)cs1. The molecule has 1 heterocycles. The van der Waals surface area contributed by atoms with Gasteiger partial charge in [-0.25, -0.2) is 9.37 Å². The van der Waals surface area contributed by atoms with Crippen molar-refractivity contribution in [2.45, 2.75) is 20.3 Å². The monoisotopic (exact) mass is 353 g/mol. The van der Waals surface area contributed by atoms with Crippen LogP contribution in [0.25, 0.3) is 11.3 Å². The van der Waals surface area contributed by atoms with Gasteiger partial charge in [-0.1, -0.05) is 36.4 Å². The first-order valence-corrected chi connectivity index (χ1v) is 8.97.